The second kappa shape index (κ2) is 8.85. The van der Waals surface area contributed by atoms with Crippen LogP contribution in [0.25, 0.3) is 0 Å². The van der Waals surface area contributed by atoms with E-state index in [4.69, 9.17) is 12.2 Å². The van der Waals surface area contributed by atoms with E-state index in [1.54, 1.807) is 4.90 Å². The van der Waals surface area contributed by atoms with Gasteiger partial charge in [-0.1, -0.05) is 42.5 Å². The molecule has 2 amide bonds. The van der Waals surface area contributed by atoms with Crippen molar-refractivity contribution in [2.45, 2.75) is 44.0 Å². The lowest BCUT2D eigenvalue weighted by molar-refractivity contribution is -0.137. The SMILES string of the molecule is CC1SC(=S)N(CCCCCC(=O)Nc2ccccc2C(F)(F)F)C1=O. The van der Waals surface area contributed by atoms with Crippen molar-refractivity contribution in [2.24, 2.45) is 0 Å². The van der Waals surface area contributed by atoms with Crippen LogP contribution in [0.1, 0.15) is 38.2 Å². The quantitative estimate of drug-likeness (QED) is 0.539. The van der Waals surface area contributed by atoms with Crippen LogP contribution in [0.4, 0.5) is 18.9 Å². The number of nitrogens with zero attached hydrogens (tertiary/aromatic N) is 1. The average molecular weight is 404 g/mol. The summed E-state index contributed by atoms with van der Waals surface area (Å²) in [6.07, 6.45) is -2.50. The molecule has 1 heterocycles. The zero-order valence-electron chi connectivity index (χ0n) is 14.1. The maximum atomic E-state index is 12.9. The number of benzene rings is 1. The van der Waals surface area contributed by atoms with Crippen LogP contribution in [0.15, 0.2) is 24.3 Å². The fraction of sp³-hybridized carbons (Fsp3) is 0.471. The molecule has 0 spiro atoms. The van der Waals surface area contributed by atoms with Gasteiger partial charge in [0.2, 0.25) is 11.8 Å². The van der Waals surface area contributed by atoms with Crippen LogP contribution in [0.3, 0.4) is 0 Å². The first-order chi connectivity index (χ1) is 12.2. The molecule has 1 aliphatic heterocycles. The highest BCUT2D eigenvalue weighted by Gasteiger charge is 2.34. The number of para-hydroxylation sites is 1. The first-order valence-electron chi connectivity index (χ1n) is 8.18. The lowest BCUT2D eigenvalue weighted by Crippen LogP contribution is -2.31. The van der Waals surface area contributed by atoms with Gasteiger partial charge in [-0.25, -0.2) is 0 Å². The molecule has 142 valence electrons. The van der Waals surface area contributed by atoms with Gasteiger partial charge in [-0.3, -0.25) is 14.5 Å². The van der Waals surface area contributed by atoms with Crippen molar-refractivity contribution in [1.82, 2.24) is 4.90 Å². The third-order valence-corrected chi connectivity index (χ3v) is 5.39. The summed E-state index contributed by atoms with van der Waals surface area (Å²) in [5, 5.41) is 2.17. The van der Waals surface area contributed by atoms with Crippen LogP contribution in [0.5, 0.6) is 0 Å². The molecule has 9 heteroatoms. The lowest BCUT2D eigenvalue weighted by atomic mass is 10.1. The third-order valence-electron chi connectivity index (χ3n) is 3.90. The average Bonchev–Trinajstić information content (AvgIpc) is 2.80. The number of hydrogen-bond acceptors (Lipinski definition) is 4. The maximum absolute atomic E-state index is 12.9. The molecule has 0 aromatic heterocycles. The molecule has 0 bridgehead atoms. The number of unbranched alkanes of at least 4 members (excludes halogenated alkanes) is 2. The molecule has 1 atom stereocenters. The summed E-state index contributed by atoms with van der Waals surface area (Å²) < 4.78 is 39.3. The molecule has 0 radical (unpaired) electrons. The molecule has 1 aromatic rings. The van der Waals surface area contributed by atoms with E-state index in [9.17, 15) is 22.8 Å². The molecule has 2 rings (SSSR count). The minimum absolute atomic E-state index is 0.00139. The summed E-state index contributed by atoms with van der Waals surface area (Å²) in [7, 11) is 0. The van der Waals surface area contributed by atoms with Crippen molar-refractivity contribution >= 4 is 45.8 Å². The van der Waals surface area contributed by atoms with Crippen LogP contribution >= 0.6 is 24.0 Å². The van der Waals surface area contributed by atoms with Gasteiger partial charge in [0, 0.05) is 13.0 Å². The van der Waals surface area contributed by atoms with E-state index < -0.39 is 17.6 Å². The summed E-state index contributed by atoms with van der Waals surface area (Å²) in [4.78, 5) is 25.3. The van der Waals surface area contributed by atoms with E-state index in [0.717, 1.165) is 6.07 Å². The van der Waals surface area contributed by atoms with Crippen molar-refractivity contribution in [3.8, 4) is 0 Å². The van der Waals surface area contributed by atoms with Gasteiger partial charge < -0.3 is 5.32 Å². The Hall–Kier alpha value is -1.61. The monoisotopic (exact) mass is 404 g/mol. The highest BCUT2D eigenvalue weighted by molar-refractivity contribution is 8.24. The summed E-state index contributed by atoms with van der Waals surface area (Å²) in [6.45, 7) is 2.32. The summed E-state index contributed by atoms with van der Waals surface area (Å²) in [5.74, 6) is -0.458. The molecular weight excluding hydrogens is 385 g/mol. The van der Waals surface area contributed by atoms with Crippen LogP contribution in [0, 0.1) is 0 Å². The highest BCUT2D eigenvalue weighted by atomic mass is 32.2. The zero-order valence-corrected chi connectivity index (χ0v) is 15.8. The Kier molecular flexibility index (Phi) is 7.05. The minimum atomic E-state index is -4.51. The molecule has 26 heavy (non-hydrogen) atoms. The number of amides is 2. The summed E-state index contributed by atoms with van der Waals surface area (Å²) >= 11 is 6.50. The summed E-state index contributed by atoms with van der Waals surface area (Å²) in [5.41, 5.74) is -1.09. The number of anilines is 1. The van der Waals surface area contributed by atoms with Crippen molar-refractivity contribution in [3.63, 3.8) is 0 Å². The molecule has 0 aliphatic carbocycles. The van der Waals surface area contributed by atoms with Gasteiger partial charge in [-0.05, 0) is 31.9 Å². The number of rotatable bonds is 7. The number of hydrogen-bond donors (Lipinski definition) is 1. The number of thiocarbonyl (C=S) groups is 1. The number of nitrogens with one attached hydrogen (secondary N) is 1. The van der Waals surface area contributed by atoms with Gasteiger partial charge in [-0.15, -0.1) is 0 Å². The Balaban J connectivity index is 1.73. The topological polar surface area (TPSA) is 49.4 Å². The Labute approximate surface area is 159 Å². The molecule has 1 saturated heterocycles. The van der Waals surface area contributed by atoms with E-state index >= 15 is 0 Å². The molecule has 1 fully saturated rings. The number of carbonyl (C=O) groups is 2. The van der Waals surface area contributed by atoms with E-state index in [1.165, 1.54) is 30.0 Å². The van der Waals surface area contributed by atoms with Gasteiger partial charge in [0.25, 0.3) is 0 Å². The van der Waals surface area contributed by atoms with Crippen molar-refractivity contribution in [2.75, 3.05) is 11.9 Å². The van der Waals surface area contributed by atoms with Gasteiger partial charge in [0.1, 0.15) is 4.32 Å². The third kappa shape index (κ3) is 5.44. The Morgan fingerprint density at radius 3 is 2.58 bits per heavy atom. The molecular formula is C17H19F3N2O2S2. The van der Waals surface area contributed by atoms with Crippen molar-refractivity contribution in [3.05, 3.63) is 29.8 Å². The number of halogens is 3. The zero-order chi connectivity index (χ0) is 19.3. The van der Waals surface area contributed by atoms with Crippen LogP contribution in [0.2, 0.25) is 0 Å². The first-order valence-corrected chi connectivity index (χ1v) is 9.47. The highest BCUT2D eigenvalue weighted by Crippen LogP contribution is 2.34. The Bertz CT molecular complexity index is 695. The maximum Gasteiger partial charge on any atom is 0.418 e. The molecule has 0 saturated carbocycles. The first kappa shape index (κ1) is 20.7. The Morgan fingerprint density at radius 1 is 1.27 bits per heavy atom. The number of thioether (sulfide) groups is 1. The van der Waals surface area contributed by atoms with E-state index in [1.807, 2.05) is 6.92 Å². The van der Waals surface area contributed by atoms with Crippen LogP contribution in [-0.4, -0.2) is 32.8 Å². The van der Waals surface area contributed by atoms with Gasteiger partial charge >= 0.3 is 6.18 Å². The van der Waals surface area contributed by atoms with Crippen molar-refractivity contribution < 1.29 is 22.8 Å². The fourth-order valence-corrected chi connectivity index (χ4v) is 4.01. The van der Waals surface area contributed by atoms with E-state index in [-0.39, 0.29) is 23.3 Å². The molecule has 1 N–H and O–H groups in total. The van der Waals surface area contributed by atoms with Crippen molar-refractivity contribution in [1.29, 1.82) is 0 Å². The standard InChI is InChI=1S/C17H19F3N2O2S2/c1-11-15(24)22(16(25)26-11)10-6-2-3-9-14(23)21-13-8-5-4-7-12(13)17(18,19)20/h4-5,7-8,11H,2-3,6,9-10H2,1H3,(H,21,23). The normalized spacial score (nSPS) is 17.7. The van der Waals surface area contributed by atoms with Crippen LogP contribution in [-0.2, 0) is 15.8 Å². The van der Waals surface area contributed by atoms with Crippen LogP contribution < -0.4 is 5.32 Å². The largest absolute Gasteiger partial charge is 0.418 e. The lowest BCUT2D eigenvalue weighted by Gasteiger charge is -2.15. The van der Waals surface area contributed by atoms with E-state index in [0.29, 0.717) is 30.1 Å². The second-order valence-electron chi connectivity index (χ2n) is 5.92. The number of alkyl halides is 3. The molecule has 1 unspecified atom stereocenters. The van der Waals surface area contributed by atoms with Gasteiger partial charge in [0.05, 0.1) is 16.5 Å². The predicted molar refractivity (Wildman–Crippen MR) is 99.9 cm³/mol. The van der Waals surface area contributed by atoms with Gasteiger partial charge in [-0.2, -0.15) is 13.2 Å². The smallest absolute Gasteiger partial charge is 0.326 e. The predicted octanol–water partition coefficient (Wildman–Crippen LogP) is 4.45. The van der Waals surface area contributed by atoms with Gasteiger partial charge in [0.15, 0.2) is 0 Å². The molecule has 1 aliphatic rings. The molecule has 4 nitrogen and oxygen atoms in total. The second-order valence-corrected chi connectivity index (χ2v) is 7.89. The molecule has 1 aromatic carbocycles. The fourth-order valence-electron chi connectivity index (χ4n) is 2.56. The summed E-state index contributed by atoms with van der Waals surface area (Å²) in [6, 6.07) is 4.89. The Morgan fingerprint density at radius 2 is 1.96 bits per heavy atom. The minimum Gasteiger partial charge on any atom is -0.326 e. The van der Waals surface area contributed by atoms with E-state index in [2.05, 4.69) is 5.32 Å². The number of carbonyl (C=O) groups excluding carboxylic acids is 2.